The molecule has 1 amide bonds. The zero-order valence-electron chi connectivity index (χ0n) is 12.7. The highest BCUT2D eigenvalue weighted by molar-refractivity contribution is 7.09. The lowest BCUT2D eigenvalue weighted by atomic mass is 9.82. The number of β-amino-alcohol motifs (C(OH)–C–C–N with tert-alkyl or cyclic N) is 1. The lowest BCUT2D eigenvalue weighted by Gasteiger charge is -2.31. The van der Waals surface area contributed by atoms with Gasteiger partial charge in [-0.2, -0.15) is 0 Å². The fraction of sp³-hybridized carbons (Fsp3) is 0.733. The highest BCUT2D eigenvalue weighted by atomic mass is 32.1. The van der Waals surface area contributed by atoms with Gasteiger partial charge in [0.05, 0.1) is 16.8 Å². The molecule has 1 saturated heterocycles. The van der Waals surface area contributed by atoms with Gasteiger partial charge in [0, 0.05) is 30.3 Å². The van der Waals surface area contributed by atoms with Crippen LogP contribution in [0.3, 0.4) is 0 Å². The van der Waals surface area contributed by atoms with Gasteiger partial charge in [-0.25, -0.2) is 4.98 Å². The molecule has 0 spiro atoms. The molecule has 2 rings (SSSR count). The van der Waals surface area contributed by atoms with E-state index < -0.39 is 5.60 Å². The second-order valence-corrected chi connectivity index (χ2v) is 7.12. The number of amides is 1. The van der Waals surface area contributed by atoms with Gasteiger partial charge in [-0.3, -0.25) is 4.79 Å². The van der Waals surface area contributed by atoms with Crippen LogP contribution in [0.25, 0.3) is 0 Å². The quantitative estimate of drug-likeness (QED) is 0.927. The molecule has 1 aromatic heterocycles. The van der Waals surface area contributed by atoms with Crippen LogP contribution in [-0.2, 0) is 11.2 Å². The zero-order valence-corrected chi connectivity index (χ0v) is 13.5. The number of hydrogen-bond acceptors (Lipinski definition) is 4. The summed E-state index contributed by atoms with van der Waals surface area (Å²) in [5.41, 5.74) is 2.11. The molecule has 0 aromatic carbocycles. The van der Waals surface area contributed by atoms with Gasteiger partial charge in [0.25, 0.3) is 0 Å². The maximum atomic E-state index is 12.3. The molecule has 0 radical (unpaired) electrons. The van der Waals surface area contributed by atoms with Gasteiger partial charge in [-0.15, -0.1) is 11.3 Å². The number of hydrogen-bond donors (Lipinski definition) is 1. The van der Waals surface area contributed by atoms with Crippen LogP contribution in [0.5, 0.6) is 0 Å². The first-order valence-electron chi connectivity index (χ1n) is 7.23. The molecule has 5 heteroatoms. The van der Waals surface area contributed by atoms with Crippen molar-refractivity contribution < 1.29 is 9.90 Å². The van der Waals surface area contributed by atoms with E-state index in [9.17, 15) is 9.90 Å². The van der Waals surface area contributed by atoms with Crippen molar-refractivity contribution >= 4 is 17.2 Å². The van der Waals surface area contributed by atoms with Crippen molar-refractivity contribution in [3.63, 3.8) is 0 Å². The second-order valence-electron chi connectivity index (χ2n) is 6.18. The van der Waals surface area contributed by atoms with Gasteiger partial charge >= 0.3 is 0 Å². The van der Waals surface area contributed by atoms with Crippen LogP contribution >= 0.6 is 11.3 Å². The summed E-state index contributed by atoms with van der Waals surface area (Å²) < 4.78 is 0. The van der Waals surface area contributed by atoms with Gasteiger partial charge in [-0.05, 0) is 19.3 Å². The normalized spacial score (nSPS) is 26.5. The number of likely N-dealkylation sites (tertiary alicyclic amines) is 1. The Balaban J connectivity index is 1.93. The van der Waals surface area contributed by atoms with E-state index in [1.165, 1.54) is 4.88 Å². The number of carbonyl (C=O) groups is 1. The van der Waals surface area contributed by atoms with Gasteiger partial charge in [-0.1, -0.05) is 20.8 Å². The minimum Gasteiger partial charge on any atom is -0.387 e. The fourth-order valence-electron chi connectivity index (χ4n) is 2.90. The van der Waals surface area contributed by atoms with E-state index in [-0.39, 0.29) is 17.7 Å². The van der Waals surface area contributed by atoms with E-state index in [1.807, 2.05) is 38.1 Å². The summed E-state index contributed by atoms with van der Waals surface area (Å²) in [4.78, 5) is 19.5. The smallest absolute Gasteiger partial charge is 0.223 e. The van der Waals surface area contributed by atoms with Crippen LogP contribution < -0.4 is 0 Å². The van der Waals surface area contributed by atoms with Crippen molar-refractivity contribution in [2.75, 3.05) is 13.1 Å². The summed E-state index contributed by atoms with van der Waals surface area (Å²) in [5.74, 6) is 0.442. The number of carbonyl (C=O) groups excluding carboxylic acids is 1. The Bertz CT molecular complexity index is 486. The van der Waals surface area contributed by atoms with Crippen LogP contribution in [0.4, 0.5) is 0 Å². The zero-order chi connectivity index (χ0) is 14.9. The van der Waals surface area contributed by atoms with Crippen LogP contribution in [-0.4, -0.2) is 39.6 Å². The van der Waals surface area contributed by atoms with E-state index in [1.54, 1.807) is 11.3 Å². The maximum Gasteiger partial charge on any atom is 0.223 e. The summed E-state index contributed by atoms with van der Waals surface area (Å²) >= 11 is 1.61. The van der Waals surface area contributed by atoms with Crippen molar-refractivity contribution in [1.29, 1.82) is 0 Å². The lowest BCUT2D eigenvalue weighted by Crippen LogP contribution is -2.43. The molecule has 1 fully saturated rings. The van der Waals surface area contributed by atoms with E-state index in [0.717, 1.165) is 12.1 Å². The van der Waals surface area contributed by atoms with E-state index in [0.29, 0.717) is 19.5 Å². The summed E-state index contributed by atoms with van der Waals surface area (Å²) in [7, 11) is 0. The highest BCUT2D eigenvalue weighted by Crippen LogP contribution is 2.34. The molecule has 4 nitrogen and oxygen atoms in total. The highest BCUT2D eigenvalue weighted by Gasteiger charge is 2.46. The average Bonchev–Trinajstić information content (AvgIpc) is 2.92. The van der Waals surface area contributed by atoms with E-state index in [2.05, 4.69) is 4.98 Å². The third-order valence-electron chi connectivity index (χ3n) is 4.56. The Morgan fingerprint density at radius 2 is 2.35 bits per heavy atom. The molecule has 0 saturated carbocycles. The monoisotopic (exact) mass is 296 g/mol. The SMILES string of the molecule is Cc1ncsc1CCC(=O)N1C[C@@H](C)[C@](O)(C(C)C)C1. The summed E-state index contributed by atoms with van der Waals surface area (Å²) in [5, 5.41) is 10.7. The molecule has 1 aromatic rings. The minimum absolute atomic E-state index is 0.136. The largest absolute Gasteiger partial charge is 0.387 e. The third kappa shape index (κ3) is 2.88. The third-order valence-corrected chi connectivity index (χ3v) is 5.55. The molecule has 20 heavy (non-hydrogen) atoms. The Morgan fingerprint density at radius 3 is 2.85 bits per heavy atom. The number of aliphatic hydroxyl groups is 1. The number of nitrogens with zero attached hydrogens (tertiary/aromatic N) is 2. The van der Waals surface area contributed by atoms with Gasteiger partial charge < -0.3 is 10.0 Å². The average molecular weight is 296 g/mol. The molecule has 0 aliphatic carbocycles. The van der Waals surface area contributed by atoms with Crippen molar-refractivity contribution in [2.45, 2.75) is 46.1 Å². The molecule has 1 aliphatic heterocycles. The fourth-order valence-corrected chi connectivity index (χ4v) is 3.68. The van der Waals surface area contributed by atoms with E-state index in [4.69, 9.17) is 0 Å². The molecule has 112 valence electrons. The molecule has 0 unspecified atom stereocenters. The topological polar surface area (TPSA) is 53.4 Å². The first kappa shape index (κ1) is 15.4. The van der Waals surface area contributed by atoms with Crippen LogP contribution in [0.15, 0.2) is 5.51 Å². The van der Waals surface area contributed by atoms with Crippen molar-refractivity contribution in [3.8, 4) is 0 Å². The molecule has 1 aliphatic rings. The Hall–Kier alpha value is -0.940. The molecule has 2 heterocycles. The van der Waals surface area contributed by atoms with Gasteiger partial charge in [0.1, 0.15) is 0 Å². The Morgan fingerprint density at radius 1 is 1.65 bits per heavy atom. The maximum absolute atomic E-state index is 12.3. The molecular formula is C15H24N2O2S. The molecular weight excluding hydrogens is 272 g/mol. The molecule has 1 N–H and O–H groups in total. The van der Waals surface area contributed by atoms with Gasteiger partial charge in [0.2, 0.25) is 5.91 Å². The Labute approximate surface area is 124 Å². The second kappa shape index (κ2) is 5.82. The van der Waals surface area contributed by atoms with Crippen molar-refractivity contribution in [2.24, 2.45) is 11.8 Å². The molecule has 0 bridgehead atoms. The van der Waals surface area contributed by atoms with Crippen LogP contribution in [0.1, 0.15) is 37.8 Å². The predicted octanol–water partition coefficient (Wildman–Crippen LogP) is 2.25. The number of aryl methyl sites for hydroxylation is 2. The summed E-state index contributed by atoms with van der Waals surface area (Å²) in [6, 6.07) is 0. The molecule has 2 atom stereocenters. The number of aromatic nitrogens is 1. The first-order chi connectivity index (χ1) is 9.34. The predicted molar refractivity (Wildman–Crippen MR) is 80.7 cm³/mol. The van der Waals surface area contributed by atoms with Crippen LogP contribution in [0.2, 0.25) is 0 Å². The van der Waals surface area contributed by atoms with Gasteiger partial charge in [0.15, 0.2) is 0 Å². The lowest BCUT2D eigenvalue weighted by molar-refractivity contribution is -0.131. The van der Waals surface area contributed by atoms with Crippen LogP contribution in [0, 0.1) is 18.8 Å². The number of rotatable bonds is 4. The van der Waals surface area contributed by atoms with E-state index >= 15 is 0 Å². The standard InChI is InChI=1S/C15H24N2O2S/c1-10(2)15(19)8-17(7-11(15)3)14(18)6-5-13-12(4)16-9-20-13/h9-11,19H,5-8H2,1-4H3/t11-,15-/m1/s1. The Kier molecular flexibility index (Phi) is 4.49. The first-order valence-corrected chi connectivity index (χ1v) is 8.11. The van der Waals surface area contributed by atoms with Crippen molar-refractivity contribution in [1.82, 2.24) is 9.88 Å². The number of thiazole rings is 1. The summed E-state index contributed by atoms with van der Waals surface area (Å²) in [6.45, 7) is 9.17. The minimum atomic E-state index is -0.740. The summed E-state index contributed by atoms with van der Waals surface area (Å²) in [6.07, 6.45) is 1.25. The van der Waals surface area contributed by atoms with Crippen molar-refractivity contribution in [3.05, 3.63) is 16.1 Å².